The van der Waals surface area contributed by atoms with Crippen molar-refractivity contribution in [3.63, 3.8) is 0 Å². The lowest BCUT2D eigenvalue weighted by atomic mass is 10.3. The third-order valence-electron chi connectivity index (χ3n) is 3.33. The Morgan fingerprint density at radius 2 is 2.04 bits per heavy atom. The van der Waals surface area contributed by atoms with E-state index in [9.17, 15) is 4.79 Å². The maximum absolute atomic E-state index is 12.0. The minimum Gasteiger partial charge on any atom is -0.484 e. The molecule has 0 spiro atoms. The summed E-state index contributed by atoms with van der Waals surface area (Å²) in [6.07, 6.45) is 3.15. The van der Waals surface area contributed by atoms with Crippen LogP contribution in [-0.4, -0.2) is 5.78 Å². The Balaban J connectivity index is 1.61. The lowest BCUT2D eigenvalue weighted by Gasteiger charge is -2.06. The number of halogens is 2. The molecule has 0 saturated heterocycles. The predicted octanol–water partition coefficient (Wildman–Crippen LogP) is 6.43. The first kappa shape index (κ1) is 17.8. The highest BCUT2D eigenvalue weighted by atomic mass is 35.5. The van der Waals surface area contributed by atoms with E-state index in [4.69, 9.17) is 32.4 Å². The molecule has 0 aliphatic rings. The van der Waals surface area contributed by atoms with Crippen molar-refractivity contribution in [2.24, 2.45) is 0 Å². The number of thiophene rings is 1. The summed E-state index contributed by atoms with van der Waals surface area (Å²) in [4.78, 5) is 13.9. The Hall–Kier alpha value is -2.01. The van der Waals surface area contributed by atoms with Crippen molar-refractivity contribution in [1.82, 2.24) is 0 Å². The number of ketones is 1. The molecule has 0 aliphatic carbocycles. The first-order chi connectivity index (χ1) is 12.0. The number of ether oxygens (including phenoxy) is 1. The van der Waals surface area contributed by atoms with Crippen molar-refractivity contribution >= 4 is 46.4 Å². The minimum atomic E-state index is -0.0435. The van der Waals surface area contributed by atoms with Gasteiger partial charge in [0.1, 0.15) is 23.9 Å². The summed E-state index contributed by atoms with van der Waals surface area (Å²) in [6, 6.07) is 12.3. The Bertz CT molecular complexity index is 924. The first-order valence-electron chi connectivity index (χ1n) is 7.47. The maximum Gasteiger partial charge on any atom is 0.195 e. The molecule has 3 nitrogen and oxygen atoms in total. The number of allylic oxidation sites excluding steroid dienone is 1. The van der Waals surface area contributed by atoms with Gasteiger partial charge in [0, 0.05) is 16.0 Å². The van der Waals surface area contributed by atoms with E-state index in [1.807, 2.05) is 19.1 Å². The molecule has 2 aromatic heterocycles. The summed E-state index contributed by atoms with van der Waals surface area (Å²) < 4.78 is 11.2. The van der Waals surface area contributed by atoms with E-state index in [-0.39, 0.29) is 12.4 Å². The molecular formula is C19H14Cl2O3S. The molecule has 0 fully saturated rings. The van der Waals surface area contributed by atoms with Crippen LogP contribution in [0.1, 0.15) is 26.1 Å². The Kier molecular flexibility index (Phi) is 5.63. The SMILES string of the molecule is Cc1ccc(C(=O)/C=C/c2ccc(COc3cc(Cl)ccc3Cl)o2)s1. The molecule has 1 aromatic carbocycles. The number of aryl methyl sites for hydroxylation is 1. The van der Waals surface area contributed by atoms with Crippen LogP contribution in [0.3, 0.4) is 0 Å². The van der Waals surface area contributed by atoms with Crippen LogP contribution in [0.5, 0.6) is 5.75 Å². The molecular weight excluding hydrogens is 379 g/mol. The quantitative estimate of drug-likeness (QED) is 0.358. The monoisotopic (exact) mass is 392 g/mol. The van der Waals surface area contributed by atoms with Crippen LogP contribution < -0.4 is 4.74 Å². The highest BCUT2D eigenvalue weighted by Gasteiger charge is 2.07. The molecule has 0 atom stereocenters. The van der Waals surface area contributed by atoms with Gasteiger partial charge in [0.15, 0.2) is 5.78 Å². The third kappa shape index (κ3) is 4.75. The minimum absolute atomic E-state index is 0.0435. The van der Waals surface area contributed by atoms with Gasteiger partial charge in [-0.2, -0.15) is 0 Å². The van der Waals surface area contributed by atoms with Gasteiger partial charge in [0.2, 0.25) is 0 Å². The fourth-order valence-electron chi connectivity index (χ4n) is 2.11. The highest BCUT2D eigenvalue weighted by molar-refractivity contribution is 7.14. The molecule has 0 aliphatic heterocycles. The molecule has 6 heteroatoms. The summed E-state index contributed by atoms with van der Waals surface area (Å²) in [6.45, 7) is 2.18. The topological polar surface area (TPSA) is 39.4 Å². The van der Waals surface area contributed by atoms with Crippen LogP contribution in [0.15, 0.2) is 53.0 Å². The fourth-order valence-corrected chi connectivity index (χ4v) is 3.23. The van der Waals surface area contributed by atoms with Crippen LogP contribution in [-0.2, 0) is 6.61 Å². The standard InChI is InChI=1S/C19H14Cl2O3S/c1-12-2-9-19(25-12)17(22)8-6-14-4-5-15(24-14)11-23-18-10-13(20)3-7-16(18)21/h2-10H,11H2,1H3/b8-6+. The molecule has 25 heavy (non-hydrogen) atoms. The lowest BCUT2D eigenvalue weighted by molar-refractivity contribution is 0.105. The zero-order valence-corrected chi connectivity index (χ0v) is 15.6. The first-order valence-corrected chi connectivity index (χ1v) is 9.04. The van der Waals surface area contributed by atoms with Gasteiger partial charge in [0.05, 0.1) is 9.90 Å². The second-order valence-electron chi connectivity index (χ2n) is 5.28. The van der Waals surface area contributed by atoms with Gasteiger partial charge < -0.3 is 9.15 Å². The van der Waals surface area contributed by atoms with E-state index >= 15 is 0 Å². The van der Waals surface area contributed by atoms with Crippen molar-refractivity contribution in [2.45, 2.75) is 13.5 Å². The smallest absolute Gasteiger partial charge is 0.195 e. The van der Waals surface area contributed by atoms with Crippen molar-refractivity contribution < 1.29 is 13.9 Å². The number of carbonyl (C=O) groups excluding carboxylic acids is 1. The van der Waals surface area contributed by atoms with E-state index < -0.39 is 0 Å². The molecule has 0 radical (unpaired) electrons. The average molecular weight is 393 g/mol. The maximum atomic E-state index is 12.0. The Morgan fingerprint density at radius 3 is 2.80 bits per heavy atom. The largest absolute Gasteiger partial charge is 0.484 e. The highest BCUT2D eigenvalue weighted by Crippen LogP contribution is 2.28. The normalized spacial score (nSPS) is 11.2. The third-order valence-corrected chi connectivity index (χ3v) is 4.89. The second-order valence-corrected chi connectivity index (χ2v) is 7.41. The number of hydrogen-bond acceptors (Lipinski definition) is 4. The van der Waals surface area contributed by atoms with Crippen molar-refractivity contribution in [3.8, 4) is 5.75 Å². The number of benzene rings is 1. The zero-order chi connectivity index (χ0) is 17.8. The van der Waals surface area contributed by atoms with Crippen LogP contribution >= 0.6 is 34.5 Å². The van der Waals surface area contributed by atoms with E-state index in [1.165, 1.54) is 17.4 Å². The molecule has 3 aromatic rings. The Labute approximate surface area is 159 Å². The average Bonchev–Trinajstić information content (AvgIpc) is 3.22. The van der Waals surface area contributed by atoms with Crippen LogP contribution in [0.2, 0.25) is 10.0 Å². The van der Waals surface area contributed by atoms with Gasteiger partial charge in [-0.05, 0) is 55.5 Å². The molecule has 0 N–H and O–H groups in total. The summed E-state index contributed by atoms with van der Waals surface area (Å²) in [7, 11) is 0. The van der Waals surface area contributed by atoms with Gasteiger partial charge >= 0.3 is 0 Å². The number of hydrogen-bond donors (Lipinski definition) is 0. The van der Waals surface area contributed by atoms with Crippen molar-refractivity contribution in [3.05, 3.63) is 79.9 Å². The van der Waals surface area contributed by atoms with E-state index in [2.05, 4.69) is 0 Å². The van der Waals surface area contributed by atoms with Crippen LogP contribution in [0, 0.1) is 6.92 Å². The van der Waals surface area contributed by atoms with Gasteiger partial charge in [-0.1, -0.05) is 23.2 Å². The summed E-state index contributed by atoms with van der Waals surface area (Å²) >= 11 is 13.4. The van der Waals surface area contributed by atoms with Gasteiger partial charge in [-0.15, -0.1) is 11.3 Å². The van der Waals surface area contributed by atoms with E-state index in [0.717, 1.165) is 4.88 Å². The molecule has 0 bridgehead atoms. The van der Waals surface area contributed by atoms with Gasteiger partial charge in [0.25, 0.3) is 0 Å². The summed E-state index contributed by atoms with van der Waals surface area (Å²) in [5.74, 6) is 1.65. The number of carbonyl (C=O) groups is 1. The molecule has 3 rings (SSSR count). The molecule has 0 saturated carbocycles. The number of rotatable bonds is 6. The molecule has 0 amide bonds. The summed E-state index contributed by atoms with van der Waals surface area (Å²) in [5.41, 5.74) is 0. The van der Waals surface area contributed by atoms with Gasteiger partial charge in [-0.25, -0.2) is 0 Å². The van der Waals surface area contributed by atoms with E-state index in [1.54, 1.807) is 36.4 Å². The fraction of sp³-hybridized carbons (Fsp3) is 0.105. The van der Waals surface area contributed by atoms with Crippen LogP contribution in [0.25, 0.3) is 6.08 Å². The lowest BCUT2D eigenvalue weighted by Crippen LogP contribution is -1.94. The Morgan fingerprint density at radius 1 is 1.20 bits per heavy atom. The molecule has 0 unspecified atom stereocenters. The van der Waals surface area contributed by atoms with E-state index in [0.29, 0.717) is 32.2 Å². The molecule has 2 heterocycles. The van der Waals surface area contributed by atoms with Crippen molar-refractivity contribution in [2.75, 3.05) is 0 Å². The zero-order valence-electron chi connectivity index (χ0n) is 13.3. The van der Waals surface area contributed by atoms with Crippen LogP contribution in [0.4, 0.5) is 0 Å². The second kappa shape index (κ2) is 7.91. The molecule has 128 valence electrons. The van der Waals surface area contributed by atoms with Gasteiger partial charge in [-0.3, -0.25) is 4.79 Å². The predicted molar refractivity (Wildman–Crippen MR) is 102 cm³/mol. The number of furan rings is 1. The van der Waals surface area contributed by atoms with Crippen molar-refractivity contribution in [1.29, 1.82) is 0 Å². The summed E-state index contributed by atoms with van der Waals surface area (Å²) in [5, 5.41) is 1.03.